The predicted molar refractivity (Wildman–Crippen MR) is 83.2 cm³/mol. The van der Waals surface area contributed by atoms with Gasteiger partial charge < -0.3 is 15.3 Å². The first-order chi connectivity index (χ1) is 9.71. The molecule has 5 heteroatoms. The van der Waals surface area contributed by atoms with Crippen molar-refractivity contribution in [1.82, 2.24) is 10.2 Å². The molecule has 122 valence electrons. The normalized spacial score (nSPS) is 23.0. The molecule has 2 amide bonds. The van der Waals surface area contributed by atoms with Crippen LogP contribution in [0.5, 0.6) is 0 Å². The monoisotopic (exact) mass is 298 g/mol. The van der Waals surface area contributed by atoms with Crippen LogP contribution in [0.25, 0.3) is 0 Å². The van der Waals surface area contributed by atoms with Crippen molar-refractivity contribution >= 4 is 12.0 Å². The van der Waals surface area contributed by atoms with E-state index >= 15 is 0 Å². The number of aliphatic carboxylic acids is 1. The Morgan fingerprint density at radius 1 is 1.24 bits per heavy atom. The summed E-state index contributed by atoms with van der Waals surface area (Å²) in [5.41, 5.74) is -0.0601. The Hall–Kier alpha value is -1.26. The largest absolute Gasteiger partial charge is 0.481 e. The lowest BCUT2D eigenvalue weighted by atomic mass is 9.84. The van der Waals surface area contributed by atoms with E-state index in [-0.39, 0.29) is 17.9 Å². The predicted octanol–water partition coefficient (Wildman–Crippen LogP) is 2.96. The second kappa shape index (κ2) is 7.66. The standard InChI is InChI=1S/C16H30N2O3/c1-12-6-10-18(11-13(12)2)15(21)17-9-8-16(3,4)7-5-14(19)20/h12-13H,5-11H2,1-4H3,(H,17,21)(H,19,20). The van der Waals surface area contributed by atoms with Gasteiger partial charge in [0.2, 0.25) is 0 Å². The Morgan fingerprint density at radius 3 is 2.48 bits per heavy atom. The molecule has 0 aromatic heterocycles. The van der Waals surface area contributed by atoms with E-state index in [1.165, 1.54) is 0 Å². The zero-order chi connectivity index (χ0) is 16.0. The maximum Gasteiger partial charge on any atom is 0.317 e. The molecule has 0 aromatic carbocycles. The van der Waals surface area contributed by atoms with Crippen molar-refractivity contribution in [2.45, 2.75) is 53.4 Å². The van der Waals surface area contributed by atoms with Crippen molar-refractivity contribution < 1.29 is 14.7 Å². The fourth-order valence-electron chi connectivity index (χ4n) is 2.64. The van der Waals surface area contributed by atoms with E-state index in [4.69, 9.17) is 5.11 Å². The highest BCUT2D eigenvalue weighted by Gasteiger charge is 2.26. The first-order valence-corrected chi connectivity index (χ1v) is 7.96. The quantitative estimate of drug-likeness (QED) is 0.792. The smallest absolute Gasteiger partial charge is 0.317 e. The number of carboxylic acids is 1. The lowest BCUT2D eigenvalue weighted by Crippen LogP contribution is -2.47. The van der Waals surface area contributed by atoms with Crippen LogP contribution in [0.15, 0.2) is 0 Å². The minimum absolute atomic E-state index is 0.0165. The van der Waals surface area contributed by atoms with E-state index in [9.17, 15) is 9.59 Å². The Kier molecular flexibility index (Phi) is 6.49. The van der Waals surface area contributed by atoms with Gasteiger partial charge in [-0.2, -0.15) is 0 Å². The van der Waals surface area contributed by atoms with E-state index in [1.807, 2.05) is 18.7 Å². The topological polar surface area (TPSA) is 69.6 Å². The van der Waals surface area contributed by atoms with E-state index < -0.39 is 5.97 Å². The van der Waals surface area contributed by atoms with Gasteiger partial charge in [0.1, 0.15) is 0 Å². The highest BCUT2D eigenvalue weighted by Crippen LogP contribution is 2.26. The van der Waals surface area contributed by atoms with Crippen molar-refractivity contribution in [2.75, 3.05) is 19.6 Å². The molecule has 1 aliphatic heterocycles. The van der Waals surface area contributed by atoms with Crippen molar-refractivity contribution in [1.29, 1.82) is 0 Å². The summed E-state index contributed by atoms with van der Waals surface area (Å²) in [5, 5.41) is 11.7. The maximum atomic E-state index is 12.1. The fraction of sp³-hybridized carbons (Fsp3) is 0.875. The number of carbonyl (C=O) groups is 2. The zero-order valence-corrected chi connectivity index (χ0v) is 13.8. The van der Waals surface area contributed by atoms with Crippen LogP contribution in [0.4, 0.5) is 4.79 Å². The number of amides is 2. The van der Waals surface area contributed by atoms with Crippen LogP contribution >= 0.6 is 0 Å². The second-order valence-corrected chi connectivity index (χ2v) is 7.23. The van der Waals surface area contributed by atoms with Crippen molar-refractivity contribution in [2.24, 2.45) is 17.3 Å². The summed E-state index contributed by atoms with van der Waals surface area (Å²) in [7, 11) is 0. The van der Waals surface area contributed by atoms with Gasteiger partial charge in [0.05, 0.1) is 0 Å². The summed E-state index contributed by atoms with van der Waals surface area (Å²) in [4.78, 5) is 24.6. The third kappa shape index (κ3) is 6.36. The average molecular weight is 298 g/mol. The molecule has 0 saturated carbocycles. The first kappa shape index (κ1) is 17.8. The Balaban J connectivity index is 2.28. The highest BCUT2D eigenvalue weighted by molar-refractivity contribution is 5.74. The highest BCUT2D eigenvalue weighted by atomic mass is 16.4. The lowest BCUT2D eigenvalue weighted by Gasteiger charge is -2.35. The number of carbonyl (C=O) groups excluding carboxylic acids is 1. The molecule has 1 heterocycles. The van der Waals surface area contributed by atoms with Crippen LogP contribution in [0.1, 0.15) is 53.4 Å². The summed E-state index contributed by atoms with van der Waals surface area (Å²) < 4.78 is 0. The Labute approximate surface area is 128 Å². The Morgan fingerprint density at radius 2 is 1.90 bits per heavy atom. The fourth-order valence-corrected chi connectivity index (χ4v) is 2.64. The van der Waals surface area contributed by atoms with Crippen LogP contribution in [0.3, 0.4) is 0 Å². The van der Waals surface area contributed by atoms with Crippen LogP contribution in [0.2, 0.25) is 0 Å². The van der Waals surface area contributed by atoms with Gasteiger partial charge in [-0.1, -0.05) is 27.7 Å². The molecule has 1 aliphatic rings. The second-order valence-electron chi connectivity index (χ2n) is 7.23. The molecular weight excluding hydrogens is 268 g/mol. The number of piperidine rings is 1. The van der Waals surface area contributed by atoms with Crippen LogP contribution < -0.4 is 5.32 Å². The van der Waals surface area contributed by atoms with E-state index in [1.54, 1.807) is 0 Å². The molecule has 0 spiro atoms. The molecule has 1 fully saturated rings. The Bertz CT molecular complexity index is 369. The molecule has 0 aliphatic carbocycles. The summed E-state index contributed by atoms with van der Waals surface area (Å²) in [6.45, 7) is 10.8. The molecule has 5 nitrogen and oxygen atoms in total. The van der Waals surface area contributed by atoms with Gasteiger partial charge in [-0.05, 0) is 36.5 Å². The van der Waals surface area contributed by atoms with Gasteiger partial charge in [0.25, 0.3) is 0 Å². The number of carboxylic acid groups (broad SMARTS) is 1. The molecule has 1 rings (SSSR count). The third-order valence-electron chi connectivity index (χ3n) is 4.71. The van der Waals surface area contributed by atoms with Gasteiger partial charge in [-0.3, -0.25) is 4.79 Å². The molecule has 1 saturated heterocycles. The number of likely N-dealkylation sites (tertiary alicyclic amines) is 1. The van der Waals surface area contributed by atoms with Crippen LogP contribution in [-0.2, 0) is 4.79 Å². The number of nitrogens with zero attached hydrogens (tertiary/aromatic N) is 1. The average Bonchev–Trinajstić information content (AvgIpc) is 2.39. The van der Waals surface area contributed by atoms with E-state index in [0.29, 0.717) is 24.8 Å². The summed E-state index contributed by atoms with van der Waals surface area (Å²) in [6.07, 6.45) is 2.68. The number of hydrogen-bond acceptors (Lipinski definition) is 2. The molecule has 0 radical (unpaired) electrons. The molecule has 0 aromatic rings. The van der Waals surface area contributed by atoms with Gasteiger partial charge in [-0.25, -0.2) is 4.79 Å². The molecular formula is C16H30N2O3. The maximum absolute atomic E-state index is 12.1. The van der Waals surface area contributed by atoms with Crippen molar-refractivity contribution in [3.63, 3.8) is 0 Å². The van der Waals surface area contributed by atoms with E-state index in [2.05, 4.69) is 19.2 Å². The molecule has 0 bridgehead atoms. The van der Waals surface area contributed by atoms with Gasteiger partial charge in [0.15, 0.2) is 0 Å². The number of hydrogen-bond donors (Lipinski definition) is 2. The minimum atomic E-state index is -0.761. The summed E-state index contributed by atoms with van der Waals surface area (Å²) >= 11 is 0. The third-order valence-corrected chi connectivity index (χ3v) is 4.71. The van der Waals surface area contributed by atoms with Crippen molar-refractivity contribution in [3.8, 4) is 0 Å². The zero-order valence-electron chi connectivity index (χ0n) is 13.8. The number of urea groups is 1. The van der Waals surface area contributed by atoms with E-state index in [0.717, 1.165) is 25.9 Å². The molecule has 2 atom stereocenters. The molecule has 2 unspecified atom stereocenters. The van der Waals surface area contributed by atoms with Crippen molar-refractivity contribution in [3.05, 3.63) is 0 Å². The first-order valence-electron chi connectivity index (χ1n) is 7.96. The lowest BCUT2D eigenvalue weighted by molar-refractivity contribution is -0.137. The van der Waals surface area contributed by atoms with Gasteiger partial charge >= 0.3 is 12.0 Å². The van der Waals surface area contributed by atoms with Gasteiger partial charge in [-0.15, -0.1) is 0 Å². The molecule has 2 N–H and O–H groups in total. The van der Waals surface area contributed by atoms with Crippen LogP contribution in [-0.4, -0.2) is 41.6 Å². The van der Waals surface area contributed by atoms with Crippen LogP contribution in [0, 0.1) is 17.3 Å². The van der Waals surface area contributed by atoms with Gasteiger partial charge in [0, 0.05) is 26.1 Å². The number of rotatable bonds is 6. The number of nitrogens with one attached hydrogen (secondary N) is 1. The minimum Gasteiger partial charge on any atom is -0.481 e. The summed E-state index contributed by atoms with van der Waals surface area (Å²) in [5.74, 6) is 0.476. The summed E-state index contributed by atoms with van der Waals surface area (Å²) in [6, 6.07) is 0.0165. The SMILES string of the molecule is CC1CCN(C(=O)NCCC(C)(C)CCC(=O)O)CC1C. The molecule has 21 heavy (non-hydrogen) atoms.